The lowest BCUT2D eigenvalue weighted by atomic mass is 9.83. The largest absolute Gasteiger partial charge is 0.508 e. The minimum atomic E-state index is -0.877. The van der Waals surface area contributed by atoms with Gasteiger partial charge in [0.1, 0.15) is 5.75 Å². The molecule has 1 rings (SSSR count). The third kappa shape index (κ3) is 4.58. The van der Waals surface area contributed by atoms with Gasteiger partial charge in [0.15, 0.2) is 0 Å². The molecule has 0 saturated carbocycles. The molecule has 0 unspecified atom stereocenters. The number of hydrogen-bond acceptors (Lipinski definition) is 2. The number of phenols is 1. The van der Waals surface area contributed by atoms with E-state index in [0.717, 1.165) is 12.0 Å². The van der Waals surface area contributed by atoms with Crippen molar-refractivity contribution in [3.05, 3.63) is 29.3 Å². The summed E-state index contributed by atoms with van der Waals surface area (Å²) in [5.74, 6) is -0.680. The van der Waals surface area contributed by atoms with E-state index in [-0.39, 0.29) is 11.2 Å². The van der Waals surface area contributed by atoms with Gasteiger partial charge in [0.2, 0.25) is 0 Å². The van der Waals surface area contributed by atoms with Crippen LogP contribution in [-0.4, -0.2) is 16.2 Å². The minimum Gasteiger partial charge on any atom is -0.508 e. The predicted molar refractivity (Wildman–Crippen MR) is 76.4 cm³/mol. The zero-order valence-electron chi connectivity index (χ0n) is 12.4. The Morgan fingerprint density at radius 2 is 1.68 bits per heavy atom. The Labute approximate surface area is 115 Å². The first-order valence-electron chi connectivity index (χ1n) is 6.55. The Morgan fingerprint density at radius 3 is 2.16 bits per heavy atom. The Hall–Kier alpha value is -1.51. The molecular weight excluding hydrogens is 240 g/mol. The van der Waals surface area contributed by atoms with Crippen molar-refractivity contribution in [2.24, 2.45) is 10.8 Å². The van der Waals surface area contributed by atoms with Crippen LogP contribution >= 0.6 is 0 Å². The highest BCUT2D eigenvalue weighted by Crippen LogP contribution is 2.30. The van der Waals surface area contributed by atoms with Crippen molar-refractivity contribution in [3.63, 3.8) is 0 Å². The molecule has 0 aromatic heterocycles. The van der Waals surface area contributed by atoms with E-state index in [1.807, 2.05) is 12.1 Å². The van der Waals surface area contributed by atoms with Crippen LogP contribution in [0.2, 0.25) is 0 Å². The molecule has 1 aromatic rings. The summed E-state index contributed by atoms with van der Waals surface area (Å²) in [6.45, 7) is 9.80. The van der Waals surface area contributed by atoms with Crippen LogP contribution in [0.25, 0.3) is 0 Å². The lowest BCUT2D eigenvalue weighted by Gasteiger charge is -2.22. The van der Waals surface area contributed by atoms with Crippen molar-refractivity contribution in [1.29, 1.82) is 0 Å². The highest BCUT2D eigenvalue weighted by Gasteiger charge is 2.28. The second kappa shape index (κ2) is 5.24. The van der Waals surface area contributed by atoms with Gasteiger partial charge in [0.25, 0.3) is 0 Å². The van der Waals surface area contributed by atoms with Gasteiger partial charge < -0.3 is 10.2 Å². The van der Waals surface area contributed by atoms with Crippen LogP contribution in [-0.2, 0) is 17.6 Å². The number of carboxylic acid groups (broad SMARTS) is 1. The summed E-state index contributed by atoms with van der Waals surface area (Å²) in [4.78, 5) is 11.2. The summed E-state index contributed by atoms with van der Waals surface area (Å²) in [6.07, 6.45) is 1.22. The molecule has 2 N–H and O–H groups in total. The Bertz CT molecular complexity index is 467. The van der Waals surface area contributed by atoms with E-state index in [1.54, 1.807) is 19.9 Å². The first-order chi connectivity index (χ1) is 8.51. The van der Waals surface area contributed by atoms with Crippen LogP contribution in [0.1, 0.15) is 45.7 Å². The van der Waals surface area contributed by atoms with Gasteiger partial charge in [0, 0.05) is 0 Å². The number of benzene rings is 1. The topological polar surface area (TPSA) is 57.5 Å². The molecule has 0 amide bonds. The molecule has 1 aromatic carbocycles. The highest BCUT2D eigenvalue weighted by molar-refractivity contribution is 5.74. The standard InChI is InChI=1S/C16H24O3/c1-15(2,3)9-11-6-7-13(17)12(8-11)10-16(4,5)14(18)19/h6-8,17H,9-10H2,1-5H3,(H,18,19). The molecule has 0 bridgehead atoms. The molecule has 0 spiro atoms. The van der Waals surface area contributed by atoms with Crippen LogP contribution in [0.3, 0.4) is 0 Å². The molecule has 3 heteroatoms. The second-order valence-electron chi connectivity index (χ2n) is 7.07. The first kappa shape index (κ1) is 15.5. The quantitative estimate of drug-likeness (QED) is 0.873. The van der Waals surface area contributed by atoms with Crippen LogP contribution < -0.4 is 0 Å². The van der Waals surface area contributed by atoms with E-state index in [1.165, 1.54) is 0 Å². The average molecular weight is 264 g/mol. The number of carboxylic acids is 1. The zero-order chi connectivity index (χ0) is 14.8. The van der Waals surface area contributed by atoms with Crippen molar-refractivity contribution in [2.75, 3.05) is 0 Å². The third-order valence-electron chi connectivity index (χ3n) is 3.09. The Balaban J connectivity index is 3.01. The summed E-state index contributed by atoms with van der Waals surface area (Å²) in [7, 11) is 0. The molecule has 106 valence electrons. The number of rotatable bonds is 4. The van der Waals surface area contributed by atoms with Gasteiger partial charge in [-0.2, -0.15) is 0 Å². The van der Waals surface area contributed by atoms with Crippen LogP contribution in [0.5, 0.6) is 5.75 Å². The van der Waals surface area contributed by atoms with Gasteiger partial charge in [-0.15, -0.1) is 0 Å². The SMILES string of the molecule is CC(C)(C)Cc1ccc(O)c(CC(C)(C)C(=O)O)c1. The fourth-order valence-electron chi connectivity index (χ4n) is 2.05. The van der Waals surface area contributed by atoms with Gasteiger partial charge in [-0.3, -0.25) is 4.79 Å². The highest BCUT2D eigenvalue weighted by atomic mass is 16.4. The maximum absolute atomic E-state index is 11.2. The molecule has 0 heterocycles. The van der Waals surface area contributed by atoms with Crippen molar-refractivity contribution < 1.29 is 15.0 Å². The smallest absolute Gasteiger partial charge is 0.309 e. The molecule has 0 atom stereocenters. The number of phenolic OH excluding ortho intramolecular Hbond substituents is 1. The van der Waals surface area contributed by atoms with Crippen molar-refractivity contribution in [1.82, 2.24) is 0 Å². The normalized spacial score (nSPS) is 12.5. The minimum absolute atomic E-state index is 0.163. The van der Waals surface area contributed by atoms with E-state index in [9.17, 15) is 9.90 Å². The molecule has 0 aliphatic heterocycles. The zero-order valence-corrected chi connectivity index (χ0v) is 12.4. The van der Waals surface area contributed by atoms with Gasteiger partial charge in [-0.25, -0.2) is 0 Å². The molecule has 0 radical (unpaired) electrons. The molecule has 0 aliphatic carbocycles. The average Bonchev–Trinajstić information content (AvgIpc) is 2.20. The molecule has 19 heavy (non-hydrogen) atoms. The van der Waals surface area contributed by atoms with Crippen molar-refractivity contribution in [2.45, 2.75) is 47.5 Å². The summed E-state index contributed by atoms with van der Waals surface area (Å²) in [6, 6.07) is 5.48. The summed E-state index contributed by atoms with van der Waals surface area (Å²) in [5, 5.41) is 19.1. The van der Waals surface area contributed by atoms with Crippen molar-refractivity contribution >= 4 is 5.97 Å². The summed E-state index contributed by atoms with van der Waals surface area (Å²) in [5.41, 5.74) is 1.12. The maximum Gasteiger partial charge on any atom is 0.309 e. The maximum atomic E-state index is 11.2. The molecule has 0 saturated heterocycles. The number of carbonyl (C=O) groups is 1. The predicted octanol–water partition coefficient (Wildman–Crippen LogP) is 3.63. The van der Waals surface area contributed by atoms with Crippen LogP contribution in [0.4, 0.5) is 0 Å². The van der Waals surface area contributed by atoms with Gasteiger partial charge in [-0.1, -0.05) is 32.9 Å². The van der Waals surface area contributed by atoms with E-state index >= 15 is 0 Å². The van der Waals surface area contributed by atoms with E-state index < -0.39 is 11.4 Å². The number of aromatic hydroxyl groups is 1. The molecule has 0 fully saturated rings. The lowest BCUT2D eigenvalue weighted by Crippen LogP contribution is -2.26. The van der Waals surface area contributed by atoms with E-state index in [0.29, 0.717) is 12.0 Å². The van der Waals surface area contributed by atoms with Gasteiger partial charge >= 0.3 is 5.97 Å². The monoisotopic (exact) mass is 264 g/mol. The Morgan fingerprint density at radius 1 is 1.11 bits per heavy atom. The van der Waals surface area contributed by atoms with Gasteiger partial charge in [0.05, 0.1) is 5.41 Å². The van der Waals surface area contributed by atoms with E-state index in [2.05, 4.69) is 20.8 Å². The molecule has 3 nitrogen and oxygen atoms in total. The van der Waals surface area contributed by atoms with E-state index in [4.69, 9.17) is 5.11 Å². The fraction of sp³-hybridized carbons (Fsp3) is 0.562. The fourth-order valence-corrected chi connectivity index (χ4v) is 2.05. The molecule has 0 aliphatic rings. The van der Waals surface area contributed by atoms with Crippen LogP contribution in [0.15, 0.2) is 18.2 Å². The summed E-state index contributed by atoms with van der Waals surface area (Å²) >= 11 is 0. The Kier molecular flexibility index (Phi) is 4.28. The third-order valence-corrected chi connectivity index (χ3v) is 3.09. The summed E-state index contributed by atoms with van der Waals surface area (Å²) < 4.78 is 0. The number of aliphatic carboxylic acids is 1. The first-order valence-corrected chi connectivity index (χ1v) is 6.55. The van der Waals surface area contributed by atoms with Gasteiger partial charge in [-0.05, 0) is 49.3 Å². The van der Waals surface area contributed by atoms with Crippen LogP contribution in [0, 0.1) is 10.8 Å². The number of hydrogen-bond donors (Lipinski definition) is 2. The second-order valence-corrected chi connectivity index (χ2v) is 7.07. The lowest BCUT2D eigenvalue weighted by molar-refractivity contribution is -0.146. The molecular formula is C16H24O3. The van der Waals surface area contributed by atoms with Crippen molar-refractivity contribution in [3.8, 4) is 5.75 Å².